The van der Waals surface area contributed by atoms with Gasteiger partial charge >= 0.3 is 0 Å². The fourth-order valence-corrected chi connectivity index (χ4v) is 2.82. The van der Waals surface area contributed by atoms with Gasteiger partial charge in [0.2, 0.25) is 5.91 Å². The third-order valence-corrected chi connectivity index (χ3v) is 4.16. The molecule has 0 fully saturated rings. The maximum absolute atomic E-state index is 12.4. The van der Waals surface area contributed by atoms with Gasteiger partial charge in [0.25, 0.3) is 0 Å². The van der Waals surface area contributed by atoms with Gasteiger partial charge in [0, 0.05) is 6.54 Å². The lowest BCUT2D eigenvalue weighted by molar-refractivity contribution is -0.126. The summed E-state index contributed by atoms with van der Waals surface area (Å²) in [7, 11) is 3.19. The number of benzene rings is 2. The Hall–Kier alpha value is -2.69. The molecule has 0 saturated heterocycles. The molecule has 5 heteroatoms. The number of carbonyl (C=O) groups excluding carboxylic acids is 1. The first kappa shape index (κ1) is 16.2. The molecular weight excluding hydrogens is 306 g/mol. The standard InChI is InChI=1S/C19H21NO4/c1-22-17-8-7-13(9-18(17)23-2)11-20-19(21)15-10-14-5-3-4-6-16(14)24-12-15/h3-9,15H,10-12H2,1-2H3,(H,20,21)/t15-/m0/s1. The Morgan fingerprint density at radius 2 is 1.96 bits per heavy atom. The van der Waals surface area contributed by atoms with Crippen LogP contribution in [0.15, 0.2) is 42.5 Å². The van der Waals surface area contributed by atoms with Crippen LogP contribution in [-0.2, 0) is 17.8 Å². The molecule has 0 radical (unpaired) electrons. The number of hydrogen-bond acceptors (Lipinski definition) is 4. The number of fused-ring (bicyclic) bond motifs is 1. The lowest BCUT2D eigenvalue weighted by Crippen LogP contribution is -2.37. The number of para-hydroxylation sites is 1. The largest absolute Gasteiger partial charge is 0.493 e. The van der Waals surface area contributed by atoms with Crippen molar-refractivity contribution in [2.75, 3.05) is 20.8 Å². The van der Waals surface area contributed by atoms with Crippen molar-refractivity contribution in [1.29, 1.82) is 0 Å². The van der Waals surface area contributed by atoms with Crippen molar-refractivity contribution in [3.63, 3.8) is 0 Å². The summed E-state index contributed by atoms with van der Waals surface area (Å²) in [5.41, 5.74) is 2.04. The smallest absolute Gasteiger partial charge is 0.227 e. The average molecular weight is 327 g/mol. The van der Waals surface area contributed by atoms with Crippen molar-refractivity contribution in [3.05, 3.63) is 53.6 Å². The molecule has 0 spiro atoms. The van der Waals surface area contributed by atoms with E-state index < -0.39 is 0 Å². The Morgan fingerprint density at radius 3 is 2.75 bits per heavy atom. The van der Waals surface area contributed by atoms with E-state index in [1.165, 1.54) is 0 Å². The SMILES string of the molecule is COc1ccc(CNC(=O)[C@@H]2COc3ccccc3C2)cc1OC. The fourth-order valence-electron chi connectivity index (χ4n) is 2.82. The monoisotopic (exact) mass is 327 g/mol. The van der Waals surface area contributed by atoms with Crippen LogP contribution in [0.4, 0.5) is 0 Å². The molecule has 126 valence electrons. The van der Waals surface area contributed by atoms with Gasteiger partial charge in [-0.15, -0.1) is 0 Å². The van der Waals surface area contributed by atoms with Crippen LogP contribution in [0, 0.1) is 5.92 Å². The molecule has 1 aliphatic rings. The average Bonchev–Trinajstić information content (AvgIpc) is 2.65. The van der Waals surface area contributed by atoms with E-state index in [1.807, 2.05) is 42.5 Å². The molecule has 0 aromatic heterocycles. The van der Waals surface area contributed by atoms with Crippen molar-refractivity contribution >= 4 is 5.91 Å². The molecule has 1 amide bonds. The summed E-state index contributed by atoms with van der Waals surface area (Å²) >= 11 is 0. The number of hydrogen-bond donors (Lipinski definition) is 1. The van der Waals surface area contributed by atoms with Gasteiger partial charge in [-0.05, 0) is 35.7 Å². The van der Waals surface area contributed by atoms with Gasteiger partial charge in [0.05, 0.1) is 20.1 Å². The molecule has 2 aromatic rings. The molecule has 1 aliphatic heterocycles. The quantitative estimate of drug-likeness (QED) is 0.917. The van der Waals surface area contributed by atoms with Crippen molar-refractivity contribution in [3.8, 4) is 17.2 Å². The number of carbonyl (C=O) groups is 1. The third kappa shape index (κ3) is 3.45. The zero-order valence-corrected chi connectivity index (χ0v) is 13.9. The Morgan fingerprint density at radius 1 is 1.17 bits per heavy atom. The van der Waals surface area contributed by atoms with Gasteiger partial charge in [-0.3, -0.25) is 4.79 Å². The summed E-state index contributed by atoms with van der Waals surface area (Å²) in [6, 6.07) is 13.5. The van der Waals surface area contributed by atoms with E-state index >= 15 is 0 Å². The van der Waals surface area contributed by atoms with Crippen molar-refractivity contribution in [1.82, 2.24) is 5.32 Å². The number of nitrogens with one attached hydrogen (secondary N) is 1. The lowest BCUT2D eigenvalue weighted by atomic mass is 9.96. The lowest BCUT2D eigenvalue weighted by Gasteiger charge is -2.24. The molecule has 0 aliphatic carbocycles. The number of amides is 1. The molecule has 3 rings (SSSR count). The second-order valence-corrected chi connectivity index (χ2v) is 5.73. The van der Waals surface area contributed by atoms with Gasteiger partial charge in [0.15, 0.2) is 11.5 Å². The molecule has 0 saturated carbocycles. The Balaban J connectivity index is 1.60. The summed E-state index contributed by atoms with van der Waals surface area (Å²) in [4.78, 5) is 12.4. The first-order valence-electron chi connectivity index (χ1n) is 7.90. The first-order chi connectivity index (χ1) is 11.7. The summed E-state index contributed by atoms with van der Waals surface area (Å²) < 4.78 is 16.2. The highest BCUT2D eigenvalue weighted by Crippen LogP contribution is 2.28. The third-order valence-electron chi connectivity index (χ3n) is 4.16. The Kier molecular flexibility index (Phi) is 4.89. The number of ether oxygens (including phenoxy) is 3. The maximum Gasteiger partial charge on any atom is 0.227 e. The van der Waals surface area contributed by atoms with Crippen LogP contribution < -0.4 is 19.5 Å². The van der Waals surface area contributed by atoms with Crippen molar-refractivity contribution < 1.29 is 19.0 Å². The highest BCUT2D eigenvalue weighted by Gasteiger charge is 2.25. The van der Waals surface area contributed by atoms with Gasteiger partial charge in [-0.25, -0.2) is 0 Å². The van der Waals surface area contributed by atoms with Crippen molar-refractivity contribution in [2.24, 2.45) is 5.92 Å². The van der Waals surface area contributed by atoms with Gasteiger partial charge in [-0.1, -0.05) is 24.3 Å². The van der Waals surface area contributed by atoms with Crippen LogP contribution in [0.1, 0.15) is 11.1 Å². The van der Waals surface area contributed by atoms with Gasteiger partial charge in [0.1, 0.15) is 12.4 Å². The van der Waals surface area contributed by atoms with E-state index in [0.717, 1.165) is 16.9 Å². The minimum atomic E-state index is -0.167. The molecule has 1 atom stereocenters. The van der Waals surface area contributed by atoms with E-state index in [2.05, 4.69) is 5.32 Å². The fraction of sp³-hybridized carbons (Fsp3) is 0.316. The molecule has 0 unspecified atom stereocenters. The molecule has 24 heavy (non-hydrogen) atoms. The zero-order valence-electron chi connectivity index (χ0n) is 13.9. The molecular formula is C19H21NO4. The second-order valence-electron chi connectivity index (χ2n) is 5.73. The van der Waals surface area contributed by atoms with Crippen LogP contribution in [0.25, 0.3) is 0 Å². The topological polar surface area (TPSA) is 56.8 Å². The summed E-state index contributed by atoms with van der Waals surface area (Å²) in [5.74, 6) is 2.03. The van der Waals surface area contributed by atoms with E-state index in [-0.39, 0.29) is 11.8 Å². The minimum Gasteiger partial charge on any atom is -0.493 e. The van der Waals surface area contributed by atoms with Crippen LogP contribution in [0.3, 0.4) is 0 Å². The zero-order chi connectivity index (χ0) is 16.9. The van der Waals surface area contributed by atoms with Crippen LogP contribution in [0.5, 0.6) is 17.2 Å². The van der Waals surface area contributed by atoms with Crippen LogP contribution in [0.2, 0.25) is 0 Å². The predicted molar refractivity (Wildman–Crippen MR) is 90.5 cm³/mol. The summed E-state index contributed by atoms with van der Waals surface area (Å²) in [5, 5.41) is 2.97. The molecule has 1 heterocycles. The number of methoxy groups -OCH3 is 2. The highest BCUT2D eigenvalue weighted by atomic mass is 16.5. The molecule has 1 N–H and O–H groups in total. The van der Waals surface area contributed by atoms with E-state index in [9.17, 15) is 4.79 Å². The summed E-state index contributed by atoms with van der Waals surface area (Å²) in [6.45, 7) is 0.853. The maximum atomic E-state index is 12.4. The highest BCUT2D eigenvalue weighted by molar-refractivity contribution is 5.79. The van der Waals surface area contributed by atoms with E-state index in [0.29, 0.717) is 31.1 Å². The van der Waals surface area contributed by atoms with Crippen molar-refractivity contribution in [2.45, 2.75) is 13.0 Å². The van der Waals surface area contributed by atoms with E-state index in [4.69, 9.17) is 14.2 Å². The summed E-state index contributed by atoms with van der Waals surface area (Å²) in [6.07, 6.45) is 0.702. The molecule has 0 bridgehead atoms. The van der Waals surface area contributed by atoms with Crippen LogP contribution in [-0.4, -0.2) is 26.7 Å². The predicted octanol–water partition coefficient (Wildman–Crippen LogP) is 2.57. The van der Waals surface area contributed by atoms with Crippen LogP contribution >= 0.6 is 0 Å². The second kappa shape index (κ2) is 7.25. The van der Waals surface area contributed by atoms with E-state index in [1.54, 1.807) is 14.2 Å². The molecule has 5 nitrogen and oxygen atoms in total. The Bertz CT molecular complexity index is 729. The minimum absolute atomic E-state index is 0.000659. The Labute approximate surface area is 141 Å². The number of rotatable bonds is 5. The van der Waals surface area contributed by atoms with Gasteiger partial charge < -0.3 is 19.5 Å². The normalized spacial score (nSPS) is 15.8. The van der Waals surface area contributed by atoms with Gasteiger partial charge in [-0.2, -0.15) is 0 Å². The first-order valence-corrected chi connectivity index (χ1v) is 7.90. The molecule has 2 aromatic carbocycles.